The van der Waals surface area contributed by atoms with Gasteiger partial charge in [0.2, 0.25) is 5.91 Å². The van der Waals surface area contributed by atoms with Crippen LogP contribution in [0.5, 0.6) is 0 Å². The van der Waals surface area contributed by atoms with Crippen LogP contribution in [-0.2, 0) is 17.5 Å². The Balaban J connectivity index is 2.48. The summed E-state index contributed by atoms with van der Waals surface area (Å²) in [5.41, 5.74) is 1.07. The van der Waals surface area contributed by atoms with E-state index in [4.69, 9.17) is 0 Å². The van der Waals surface area contributed by atoms with Gasteiger partial charge in [-0.05, 0) is 37.6 Å². The molecule has 0 fully saturated rings. The van der Waals surface area contributed by atoms with E-state index in [2.05, 4.69) is 10.4 Å². The van der Waals surface area contributed by atoms with Crippen molar-refractivity contribution in [1.29, 1.82) is 0 Å². The Hall–Kier alpha value is -2.31. The average molecular weight is 311 g/mol. The van der Waals surface area contributed by atoms with Crippen LogP contribution in [0.25, 0.3) is 5.69 Å². The Morgan fingerprint density at radius 2 is 1.95 bits per heavy atom. The molecule has 0 saturated carbocycles. The van der Waals surface area contributed by atoms with Gasteiger partial charge in [0, 0.05) is 19.2 Å². The number of benzene rings is 1. The normalized spacial score (nSPS) is 11.5. The summed E-state index contributed by atoms with van der Waals surface area (Å²) in [6, 6.07) is 5.77. The number of nitrogens with one attached hydrogen (secondary N) is 1. The van der Waals surface area contributed by atoms with Gasteiger partial charge in [0.15, 0.2) is 0 Å². The molecule has 2 rings (SSSR count). The Morgan fingerprint density at radius 1 is 1.27 bits per heavy atom. The van der Waals surface area contributed by atoms with Crippen molar-refractivity contribution < 1.29 is 18.0 Å². The van der Waals surface area contributed by atoms with E-state index < -0.39 is 11.7 Å². The predicted molar refractivity (Wildman–Crippen MR) is 75.6 cm³/mol. The molecule has 0 atom stereocenters. The third kappa shape index (κ3) is 3.47. The van der Waals surface area contributed by atoms with E-state index in [1.165, 1.54) is 17.7 Å². The number of amides is 1. The van der Waals surface area contributed by atoms with Crippen LogP contribution in [0.4, 0.5) is 13.2 Å². The second kappa shape index (κ2) is 5.82. The predicted octanol–water partition coefficient (Wildman–Crippen LogP) is 3.14. The first kappa shape index (κ1) is 16.1. The van der Waals surface area contributed by atoms with Gasteiger partial charge in [0.05, 0.1) is 16.9 Å². The fourth-order valence-corrected chi connectivity index (χ4v) is 2.22. The molecule has 0 radical (unpaired) electrons. The van der Waals surface area contributed by atoms with Gasteiger partial charge in [-0.15, -0.1) is 0 Å². The first-order valence-corrected chi connectivity index (χ1v) is 6.66. The summed E-state index contributed by atoms with van der Waals surface area (Å²) >= 11 is 0. The highest BCUT2D eigenvalue weighted by Crippen LogP contribution is 2.33. The van der Waals surface area contributed by atoms with Crippen LogP contribution < -0.4 is 5.32 Å². The Bertz CT molecular complexity index is 705. The van der Waals surface area contributed by atoms with E-state index in [1.54, 1.807) is 26.0 Å². The van der Waals surface area contributed by atoms with Crippen LogP contribution in [0.1, 0.15) is 29.4 Å². The zero-order valence-electron chi connectivity index (χ0n) is 12.5. The van der Waals surface area contributed by atoms with E-state index in [0.717, 1.165) is 17.5 Å². The van der Waals surface area contributed by atoms with E-state index in [-0.39, 0.29) is 18.0 Å². The second-order valence-electron chi connectivity index (χ2n) is 5.09. The number of carbonyl (C=O) groups excluding carboxylic acids is 1. The lowest BCUT2D eigenvalue weighted by Crippen LogP contribution is -2.22. The summed E-state index contributed by atoms with van der Waals surface area (Å²) in [5.74, 6) is -0.379. The minimum absolute atomic E-state index is 0.0213. The number of hydrogen-bond acceptors (Lipinski definition) is 2. The maximum atomic E-state index is 13.2. The topological polar surface area (TPSA) is 46.9 Å². The highest BCUT2D eigenvalue weighted by Gasteiger charge is 2.33. The summed E-state index contributed by atoms with van der Waals surface area (Å²) in [6.45, 7) is 4.65. The molecule has 1 aromatic carbocycles. The lowest BCUT2D eigenvalue weighted by Gasteiger charge is -2.15. The number of nitrogens with zero attached hydrogens (tertiary/aromatic N) is 2. The molecule has 0 aliphatic rings. The summed E-state index contributed by atoms with van der Waals surface area (Å²) in [7, 11) is 0. The molecular weight excluding hydrogens is 295 g/mol. The quantitative estimate of drug-likeness (QED) is 0.946. The van der Waals surface area contributed by atoms with Gasteiger partial charge in [-0.25, -0.2) is 4.68 Å². The van der Waals surface area contributed by atoms with Gasteiger partial charge in [-0.1, -0.05) is 6.07 Å². The second-order valence-corrected chi connectivity index (χ2v) is 5.09. The zero-order chi connectivity index (χ0) is 16.5. The van der Waals surface area contributed by atoms with Gasteiger partial charge in [0.25, 0.3) is 0 Å². The van der Waals surface area contributed by atoms with Crippen molar-refractivity contribution in [3.8, 4) is 5.69 Å². The van der Waals surface area contributed by atoms with Crippen LogP contribution in [0.15, 0.2) is 24.3 Å². The average Bonchev–Trinajstić information content (AvgIpc) is 2.74. The van der Waals surface area contributed by atoms with Crippen molar-refractivity contribution in [2.24, 2.45) is 0 Å². The molecule has 0 saturated heterocycles. The highest BCUT2D eigenvalue weighted by molar-refractivity contribution is 5.72. The summed E-state index contributed by atoms with van der Waals surface area (Å²) in [4.78, 5) is 10.9. The molecule has 1 N–H and O–H groups in total. The number of aromatic nitrogens is 2. The van der Waals surface area contributed by atoms with Gasteiger partial charge in [0.1, 0.15) is 0 Å². The molecule has 1 aromatic heterocycles. The maximum Gasteiger partial charge on any atom is 0.416 e. The first-order valence-electron chi connectivity index (χ1n) is 6.66. The van der Waals surface area contributed by atoms with Crippen molar-refractivity contribution in [3.05, 3.63) is 46.8 Å². The summed E-state index contributed by atoms with van der Waals surface area (Å²) < 4.78 is 41.2. The van der Waals surface area contributed by atoms with Gasteiger partial charge >= 0.3 is 6.18 Å². The van der Waals surface area contributed by atoms with Crippen molar-refractivity contribution in [2.45, 2.75) is 33.5 Å². The highest BCUT2D eigenvalue weighted by atomic mass is 19.4. The number of rotatable bonds is 3. The van der Waals surface area contributed by atoms with E-state index in [1.807, 2.05) is 0 Å². The molecule has 1 amide bonds. The Morgan fingerprint density at radius 3 is 2.45 bits per heavy atom. The molecule has 0 unspecified atom stereocenters. The fourth-order valence-electron chi connectivity index (χ4n) is 2.22. The van der Waals surface area contributed by atoms with Crippen molar-refractivity contribution in [2.75, 3.05) is 0 Å². The lowest BCUT2D eigenvalue weighted by molar-refractivity contribution is -0.138. The van der Waals surface area contributed by atoms with Gasteiger partial charge in [-0.2, -0.15) is 18.3 Å². The monoisotopic (exact) mass is 311 g/mol. The summed E-state index contributed by atoms with van der Waals surface area (Å²) in [6.07, 6.45) is -4.50. The number of hydrogen-bond donors (Lipinski definition) is 1. The molecule has 4 nitrogen and oxygen atoms in total. The maximum absolute atomic E-state index is 13.2. The Labute approximate surface area is 125 Å². The van der Waals surface area contributed by atoms with E-state index >= 15 is 0 Å². The zero-order valence-corrected chi connectivity index (χ0v) is 12.5. The first-order chi connectivity index (χ1) is 10.2. The molecule has 0 bridgehead atoms. The van der Waals surface area contributed by atoms with Crippen molar-refractivity contribution in [3.63, 3.8) is 0 Å². The van der Waals surface area contributed by atoms with Crippen LogP contribution >= 0.6 is 0 Å². The van der Waals surface area contributed by atoms with Crippen LogP contribution in [-0.4, -0.2) is 15.7 Å². The summed E-state index contributed by atoms with van der Waals surface area (Å²) in [5, 5.41) is 6.57. The molecule has 0 spiro atoms. The minimum Gasteiger partial charge on any atom is -0.352 e. The Kier molecular flexibility index (Phi) is 4.25. The molecule has 2 aromatic rings. The number of alkyl halides is 3. The smallest absolute Gasteiger partial charge is 0.352 e. The fraction of sp³-hybridized carbons (Fsp3) is 0.333. The molecule has 1 heterocycles. The third-order valence-electron chi connectivity index (χ3n) is 3.18. The molecule has 22 heavy (non-hydrogen) atoms. The molecule has 0 aliphatic heterocycles. The van der Waals surface area contributed by atoms with E-state index in [9.17, 15) is 18.0 Å². The lowest BCUT2D eigenvalue weighted by atomic mass is 10.1. The van der Waals surface area contributed by atoms with Gasteiger partial charge in [-0.3, -0.25) is 4.79 Å². The number of halogens is 3. The molecule has 7 heteroatoms. The minimum atomic E-state index is -4.50. The van der Waals surface area contributed by atoms with Crippen LogP contribution in [0.3, 0.4) is 0 Å². The molecular formula is C15H16F3N3O. The largest absolute Gasteiger partial charge is 0.416 e. The molecule has 118 valence electrons. The standard InChI is InChI=1S/C15H16F3N3O/c1-9-6-10(2)21(20-9)13-5-4-12(8-19-11(3)22)14(7-13)15(16,17)18/h4-7H,8H2,1-3H3,(H,19,22). The van der Waals surface area contributed by atoms with Crippen LogP contribution in [0, 0.1) is 13.8 Å². The van der Waals surface area contributed by atoms with E-state index in [0.29, 0.717) is 5.69 Å². The van der Waals surface area contributed by atoms with Gasteiger partial charge < -0.3 is 5.32 Å². The number of carbonyl (C=O) groups is 1. The van der Waals surface area contributed by atoms with Crippen LogP contribution in [0.2, 0.25) is 0 Å². The molecule has 0 aliphatic carbocycles. The van der Waals surface area contributed by atoms with Crippen molar-refractivity contribution in [1.82, 2.24) is 15.1 Å². The van der Waals surface area contributed by atoms with Crippen molar-refractivity contribution >= 4 is 5.91 Å². The SMILES string of the molecule is CC(=O)NCc1ccc(-n2nc(C)cc2C)cc1C(F)(F)F. The number of aryl methyl sites for hydroxylation is 2. The third-order valence-corrected chi connectivity index (χ3v) is 3.18.